The van der Waals surface area contributed by atoms with Crippen LogP contribution in [0.15, 0.2) is 65.1 Å². The fraction of sp³-hybridized carbons (Fsp3) is 0.292. The second kappa shape index (κ2) is 10.7. The molecule has 1 aromatic heterocycles. The quantitative estimate of drug-likeness (QED) is 0.506. The summed E-state index contributed by atoms with van der Waals surface area (Å²) in [6.45, 7) is 4.64. The number of nitrogens with one attached hydrogen (secondary N) is 1. The Hall–Kier alpha value is -2.96. The third kappa shape index (κ3) is 6.54. The Labute approximate surface area is 176 Å². The van der Waals surface area contributed by atoms with E-state index in [2.05, 4.69) is 41.4 Å². The average molecular weight is 410 g/mol. The molecule has 0 radical (unpaired) electrons. The zero-order chi connectivity index (χ0) is 21.3. The van der Waals surface area contributed by atoms with Crippen LogP contribution in [-0.2, 0) is 24.4 Å². The van der Waals surface area contributed by atoms with E-state index >= 15 is 0 Å². The summed E-state index contributed by atoms with van der Waals surface area (Å²) in [5.41, 5.74) is 3.23. The molecule has 0 saturated carbocycles. The fourth-order valence-electron chi connectivity index (χ4n) is 3.17. The van der Waals surface area contributed by atoms with Crippen molar-refractivity contribution in [3.63, 3.8) is 0 Å². The molecule has 1 N–H and O–H groups in total. The van der Waals surface area contributed by atoms with Gasteiger partial charge in [-0.1, -0.05) is 42.0 Å². The second-order valence-electron chi connectivity index (χ2n) is 7.28. The van der Waals surface area contributed by atoms with Crippen LogP contribution in [0.1, 0.15) is 33.0 Å². The van der Waals surface area contributed by atoms with Gasteiger partial charge in [0.25, 0.3) is 5.91 Å². The van der Waals surface area contributed by atoms with E-state index in [1.54, 1.807) is 31.4 Å². The van der Waals surface area contributed by atoms with Gasteiger partial charge in [0.15, 0.2) is 5.76 Å². The molecule has 0 fully saturated rings. The Morgan fingerprint density at radius 3 is 2.53 bits per heavy atom. The van der Waals surface area contributed by atoms with Gasteiger partial charge >= 0.3 is 0 Å². The van der Waals surface area contributed by atoms with Crippen molar-refractivity contribution in [2.75, 3.05) is 20.3 Å². The predicted molar refractivity (Wildman–Crippen MR) is 113 cm³/mol. The van der Waals surface area contributed by atoms with Crippen molar-refractivity contribution < 1.29 is 18.3 Å². The molecule has 6 heteroatoms. The monoisotopic (exact) mass is 410 g/mol. The van der Waals surface area contributed by atoms with Crippen molar-refractivity contribution in [3.8, 4) is 0 Å². The average Bonchev–Trinajstić information content (AvgIpc) is 3.18. The van der Waals surface area contributed by atoms with Gasteiger partial charge in [-0.05, 0) is 42.3 Å². The van der Waals surface area contributed by atoms with Gasteiger partial charge in [0.05, 0.1) is 13.2 Å². The maximum Gasteiger partial charge on any atom is 0.287 e. The van der Waals surface area contributed by atoms with Gasteiger partial charge in [0.2, 0.25) is 0 Å². The zero-order valence-electron chi connectivity index (χ0n) is 17.4. The lowest BCUT2D eigenvalue weighted by Gasteiger charge is -2.22. The predicted octanol–water partition coefficient (Wildman–Crippen LogP) is 4.31. The van der Waals surface area contributed by atoms with E-state index in [1.807, 2.05) is 6.07 Å². The molecule has 3 rings (SSSR count). The molecule has 30 heavy (non-hydrogen) atoms. The lowest BCUT2D eigenvalue weighted by molar-refractivity contribution is 0.0905. The lowest BCUT2D eigenvalue weighted by atomic mass is 10.1. The molecule has 0 unspecified atom stereocenters. The Bertz CT molecular complexity index is 953. The van der Waals surface area contributed by atoms with Crippen molar-refractivity contribution in [2.45, 2.75) is 26.6 Å². The van der Waals surface area contributed by atoms with Crippen LogP contribution in [0, 0.1) is 12.7 Å². The summed E-state index contributed by atoms with van der Waals surface area (Å²) < 4.78 is 24.3. The van der Waals surface area contributed by atoms with Gasteiger partial charge in [-0.15, -0.1) is 0 Å². The number of furan rings is 1. The number of hydrogen-bond donors (Lipinski definition) is 1. The summed E-state index contributed by atoms with van der Waals surface area (Å²) in [6.07, 6.45) is 0. The summed E-state index contributed by atoms with van der Waals surface area (Å²) in [5.74, 6) is 0.418. The van der Waals surface area contributed by atoms with E-state index in [1.165, 1.54) is 11.6 Å². The summed E-state index contributed by atoms with van der Waals surface area (Å²) in [6, 6.07) is 18.4. The highest BCUT2D eigenvalue weighted by Gasteiger charge is 2.15. The molecule has 3 aromatic rings. The second-order valence-corrected chi connectivity index (χ2v) is 7.28. The van der Waals surface area contributed by atoms with Crippen LogP contribution < -0.4 is 5.32 Å². The molecule has 0 atom stereocenters. The van der Waals surface area contributed by atoms with Gasteiger partial charge < -0.3 is 14.5 Å². The number of methoxy groups -OCH3 is 1. The number of benzene rings is 2. The van der Waals surface area contributed by atoms with Crippen LogP contribution in [0.2, 0.25) is 0 Å². The number of nitrogens with zero attached hydrogens (tertiary/aromatic N) is 1. The number of aryl methyl sites for hydroxylation is 1. The first-order chi connectivity index (χ1) is 14.5. The van der Waals surface area contributed by atoms with Gasteiger partial charge in [-0.25, -0.2) is 4.39 Å². The Balaban J connectivity index is 1.71. The van der Waals surface area contributed by atoms with Crippen LogP contribution in [0.3, 0.4) is 0 Å². The van der Waals surface area contributed by atoms with E-state index in [9.17, 15) is 9.18 Å². The van der Waals surface area contributed by atoms with E-state index in [4.69, 9.17) is 9.15 Å². The third-order valence-electron chi connectivity index (χ3n) is 4.68. The Morgan fingerprint density at radius 2 is 1.80 bits per heavy atom. The van der Waals surface area contributed by atoms with E-state index < -0.39 is 0 Å². The molecule has 0 bridgehead atoms. The van der Waals surface area contributed by atoms with Crippen LogP contribution in [0.4, 0.5) is 4.39 Å². The SMILES string of the molecule is COCCNC(=O)c1ccc(CN(Cc2ccc(C)cc2)Cc2cccc(F)c2)o1. The van der Waals surface area contributed by atoms with Crippen molar-refractivity contribution in [2.24, 2.45) is 0 Å². The molecule has 2 aromatic carbocycles. The van der Waals surface area contributed by atoms with Gasteiger partial charge in [0.1, 0.15) is 11.6 Å². The first kappa shape index (κ1) is 21.7. The number of halogens is 1. The number of amides is 1. The Kier molecular flexibility index (Phi) is 7.76. The van der Waals surface area contributed by atoms with Crippen molar-refractivity contribution in [1.29, 1.82) is 0 Å². The standard InChI is InChI=1S/C24H27FN2O3/c1-18-6-8-19(9-7-18)15-27(16-20-4-3-5-21(25)14-20)17-22-10-11-23(30-22)24(28)26-12-13-29-2/h3-11,14H,12-13,15-17H2,1-2H3,(H,26,28). The first-order valence-corrected chi connectivity index (χ1v) is 9.91. The third-order valence-corrected chi connectivity index (χ3v) is 4.68. The van der Waals surface area contributed by atoms with Crippen molar-refractivity contribution in [3.05, 3.63) is 94.7 Å². The van der Waals surface area contributed by atoms with Crippen LogP contribution in [0.5, 0.6) is 0 Å². The molecule has 5 nitrogen and oxygen atoms in total. The maximum absolute atomic E-state index is 13.6. The number of carbonyl (C=O) groups is 1. The normalized spacial score (nSPS) is 11.1. The molecule has 0 aliphatic rings. The summed E-state index contributed by atoms with van der Waals surface area (Å²) in [7, 11) is 1.58. The van der Waals surface area contributed by atoms with E-state index in [0.29, 0.717) is 38.5 Å². The zero-order valence-corrected chi connectivity index (χ0v) is 17.4. The molecular formula is C24H27FN2O3. The van der Waals surface area contributed by atoms with Crippen molar-refractivity contribution in [1.82, 2.24) is 10.2 Å². The van der Waals surface area contributed by atoms with E-state index in [-0.39, 0.29) is 17.5 Å². The molecular weight excluding hydrogens is 383 g/mol. The van der Waals surface area contributed by atoms with Crippen LogP contribution in [-0.4, -0.2) is 31.1 Å². The highest BCUT2D eigenvalue weighted by Crippen LogP contribution is 2.17. The molecule has 1 heterocycles. The van der Waals surface area contributed by atoms with E-state index in [0.717, 1.165) is 11.1 Å². The minimum Gasteiger partial charge on any atom is -0.455 e. The lowest BCUT2D eigenvalue weighted by Crippen LogP contribution is -2.26. The number of rotatable bonds is 10. The van der Waals surface area contributed by atoms with Gasteiger partial charge in [-0.3, -0.25) is 9.69 Å². The molecule has 0 saturated heterocycles. The summed E-state index contributed by atoms with van der Waals surface area (Å²) in [4.78, 5) is 14.3. The highest BCUT2D eigenvalue weighted by molar-refractivity contribution is 5.91. The summed E-state index contributed by atoms with van der Waals surface area (Å²) in [5, 5.41) is 2.74. The molecule has 0 aliphatic carbocycles. The number of hydrogen-bond acceptors (Lipinski definition) is 4. The number of carbonyl (C=O) groups excluding carboxylic acids is 1. The molecule has 158 valence electrons. The maximum atomic E-state index is 13.6. The van der Waals surface area contributed by atoms with Crippen LogP contribution >= 0.6 is 0 Å². The molecule has 0 aliphatic heterocycles. The van der Waals surface area contributed by atoms with Gasteiger partial charge in [0, 0.05) is 26.7 Å². The highest BCUT2D eigenvalue weighted by atomic mass is 19.1. The summed E-state index contributed by atoms with van der Waals surface area (Å²) >= 11 is 0. The molecule has 1 amide bonds. The minimum atomic E-state index is -0.270. The van der Waals surface area contributed by atoms with Gasteiger partial charge in [-0.2, -0.15) is 0 Å². The van der Waals surface area contributed by atoms with Crippen molar-refractivity contribution >= 4 is 5.91 Å². The molecule has 0 spiro atoms. The topological polar surface area (TPSA) is 54.7 Å². The fourth-order valence-corrected chi connectivity index (χ4v) is 3.17. The smallest absolute Gasteiger partial charge is 0.287 e. The van der Waals surface area contributed by atoms with Crippen LogP contribution in [0.25, 0.3) is 0 Å². The minimum absolute atomic E-state index is 0.254. The Morgan fingerprint density at radius 1 is 1.03 bits per heavy atom. The largest absolute Gasteiger partial charge is 0.455 e. The number of ether oxygens (including phenoxy) is 1. The first-order valence-electron chi connectivity index (χ1n) is 9.91.